The summed E-state index contributed by atoms with van der Waals surface area (Å²) < 4.78 is 1.82. The average molecular weight is 363 g/mol. The van der Waals surface area contributed by atoms with Gasteiger partial charge in [-0.2, -0.15) is 5.10 Å². The lowest BCUT2D eigenvalue weighted by atomic mass is 10.0. The molecule has 1 aliphatic heterocycles. The third-order valence-corrected chi connectivity index (χ3v) is 5.81. The van der Waals surface area contributed by atoms with Crippen molar-refractivity contribution in [3.8, 4) is 11.3 Å². The molecule has 4 rings (SSSR count). The summed E-state index contributed by atoms with van der Waals surface area (Å²) in [4.78, 5) is 14.1. The van der Waals surface area contributed by atoms with E-state index < -0.39 is 0 Å². The third kappa shape index (κ3) is 2.92. The molecule has 0 saturated heterocycles. The highest BCUT2D eigenvalue weighted by molar-refractivity contribution is 7.98. The van der Waals surface area contributed by atoms with Gasteiger partial charge in [0, 0.05) is 34.5 Å². The molecule has 1 N–H and O–H groups in total. The van der Waals surface area contributed by atoms with Crippen molar-refractivity contribution in [1.29, 1.82) is 0 Å². The Morgan fingerprint density at radius 3 is 2.62 bits per heavy atom. The van der Waals surface area contributed by atoms with Crippen LogP contribution in [0.25, 0.3) is 11.3 Å². The van der Waals surface area contributed by atoms with E-state index in [1.807, 2.05) is 36.0 Å². The van der Waals surface area contributed by atoms with Crippen molar-refractivity contribution in [2.24, 2.45) is 7.05 Å². The van der Waals surface area contributed by atoms with Crippen molar-refractivity contribution >= 4 is 23.4 Å². The van der Waals surface area contributed by atoms with Gasteiger partial charge in [0.1, 0.15) is 0 Å². The van der Waals surface area contributed by atoms with E-state index in [2.05, 4.69) is 48.5 Å². The van der Waals surface area contributed by atoms with E-state index in [1.54, 1.807) is 11.8 Å². The highest BCUT2D eigenvalue weighted by atomic mass is 32.2. The van der Waals surface area contributed by atoms with Crippen LogP contribution in [0.15, 0.2) is 53.4 Å². The second kappa shape index (κ2) is 6.65. The second-order valence-corrected chi connectivity index (χ2v) is 7.83. The van der Waals surface area contributed by atoms with E-state index in [1.165, 1.54) is 10.5 Å². The Bertz CT molecular complexity index is 973. The van der Waals surface area contributed by atoms with Crippen LogP contribution in [0.3, 0.4) is 0 Å². The van der Waals surface area contributed by atoms with E-state index in [0.29, 0.717) is 11.6 Å². The molecule has 0 aliphatic carbocycles. The molecule has 0 spiro atoms. The van der Waals surface area contributed by atoms with Gasteiger partial charge in [0.05, 0.1) is 5.69 Å². The number of fused-ring (bicyclic) bond motifs is 3. The van der Waals surface area contributed by atoms with E-state index in [9.17, 15) is 4.79 Å². The molecule has 0 bridgehead atoms. The molecule has 0 fully saturated rings. The molecule has 1 aromatic heterocycles. The largest absolute Gasteiger partial charge is 0.321 e. The van der Waals surface area contributed by atoms with Crippen LogP contribution in [0, 0.1) is 0 Å². The number of aryl methyl sites for hydroxylation is 1. The van der Waals surface area contributed by atoms with Gasteiger partial charge >= 0.3 is 0 Å². The molecule has 0 radical (unpaired) electrons. The maximum atomic E-state index is 12.8. The molecule has 132 valence electrons. The van der Waals surface area contributed by atoms with Crippen LogP contribution in [-0.2, 0) is 12.8 Å². The maximum absolute atomic E-state index is 12.8. The molecule has 3 aromatic rings. The van der Waals surface area contributed by atoms with Crippen molar-refractivity contribution in [2.75, 3.05) is 5.32 Å². The standard InChI is InChI=1S/C21H21N3OS/c1-13(2)14-8-10-15(11-9-14)22-21(25)19-17-12-26-18-7-5-4-6-16(18)20(17)24(3)23-19/h4-11,13H,12H2,1-3H3,(H,22,25). The van der Waals surface area contributed by atoms with Gasteiger partial charge in [-0.1, -0.05) is 44.2 Å². The number of amides is 1. The lowest BCUT2D eigenvalue weighted by Crippen LogP contribution is -2.15. The lowest BCUT2D eigenvalue weighted by Gasteiger charge is -2.17. The minimum absolute atomic E-state index is 0.154. The smallest absolute Gasteiger partial charge is 0.276 e. The number of aromatic nitrogens is 2. The Balaban J connectivity index is 1.64. The van der Waals surface area contributed by atoms with Crippen molar-refractivity contribution in [2.45, 2.75) is 30.4 Å². The van der Waals surface area contributed by atoms with Gasteiger partial charge in [-0.25, -0.2) is 0 Å². The van der Waals surface area contributed by atoms with Crippen LogP contribution in [0.4, 0.5) is 5.69 Å². The number of nitrogens with one attached hydrogen (secondary N) is 1. The Labute approximate surface area is 157 Å². The summed E-state index contributed by atoms with van der Waals surface area (Å²) in [6.07, 6.45) is 0. The lowest BCUT2D eigenvalue weighted by molar-refractivity contribution is 0.102. The Morgan fingerprint density at radius 2 is 1.88 bits per heavy atom. The van der Waals surface area contributed by atoms with Gasteiger partial charge in [0.25, 0.3) is 5.91 Å². The summed E-state index contributed by atoms with van der Waals surface area (Å²) in [5, 5.41) is 7.51. The van der Waals surface area contributed by atoms with Crippen LogP contribution in [0.2, 0.25) is 0 Å². The summed E-state index contributed by atoms with van der Waals surface area (Å²) in [6, 6.07) is 16.3. The van der Waals surface area contributed by atoms with Gasteiger partial charge < -0.3 is 5.32 Å². The molecule has 0 unspecified atom stereocenters. The monoisotopic (exact) mass is 363 g/mol. The summed E-state index contributed by atoms with van der Waals surface area (Å²) in [5.41, 5.74) is 5.76. The predicted octanol–water partition coefficient (Wildman–Crippen LogP) is 5.07. The summed E-state index contributed by atoms with van der Waals surface area (Å²) >= 11 is 1.75. The number of hydrogen-bond donors (Lipinski definition) is 1. The van der Waals surface area contributed by atoms with Crippen molar-refractivity contribution < 1.29 is 4.79 Å². The van der Waals surface area contributed by atoms with E-state index >= 15 is 0 Å². The minimum Gasteiger partial charge on any atom is -0.321 e. The SMILES string of the molecule is CC(C)c1ccc(NC(=O)c2nn(C)c3c2CSc2ccccc2-3)cc1. The predicted molar refractivity (Wildman–Crippen MR) is 107 cm³/mol. The zero-order chi connectivity index (χ0) is 18.3. The molecule has 1 amide bonds. The van der Waals surface area contributed by atoms with Gasteiger partial charge in [0.15, 0.2) is 5.69 Å². The van der Waals surface area contributed by atoms with Crippen LogP contribution in [-0.4, -0.2) is 15.7 Å². The fourth-order valence-corrected chi connectivity index (χ4v) is 4.37. The van der Waals surface area contributed by atoms with Gasteiger partial charge in [-0.05, 0) is 29.7 Å². The van der Waals surface area contributed by atoms with Crippen LogP contribution >= 0.6 is 11.8 Å². The van der Waals surface area contributed by atoms with E-state index in [4.69, 9.17) is 0 Å². The molecule has 1 aliphatic rings. The molecule has 26 heavy (non-hydrogen) atoms. The number of rotatable bonds is 3. The first-order valence-corrected chi connectivity index (χ1v) is 9.72. The van der Waals surface area contributed by atoms with E-state index in [-0.39, 0.29) is 5.91 Å². The fourth-order valence-electron chi connectivity index (χ4n) is 3.30. The third-order valence-electron chi connectivity index (χ3n) is 4.71. The average Bonchev–Trinajstić information content (AvgIpc) is 2.99. The summed E-state index contributed by atoms with van der Waals surface area (Å²) in [6.45, 7) is 4.31. The zero-order valence-electron chi connectivity index (χ0n) is 15.1. The molecule has 0 saturated carbocycles. The molecular weight excluding hydrogens is 342 g/mol. The number of carbonyl (C=O) groups is 1. The van der Waals surface area contributed by atoms with Crippen LogP contribution in [0.1, 0.15) is 41.4 Å². The van der Waals surface area contributed by atoms with Crippen molar-refractivity contribution in [3.05, 3.63) is 65.4 Å². The van der Waals surface area contributed by atoms with Crippen LogP contribution in [0.5, 0.6) is 0 Å². The first-order valence-electron chi connectivity index (χ1n) is 8.74. The van der Waals surface area contributed by atoms with Gasteiger partial charge in [-0.3, -0.25) is 9.48 Å². The quantitative estimate of drug-likeness (QED) is 0.707. The molecule has 0 atom stereocenters. The Kier molecular flexibility index (Phi) is 4.32. The van der Waals surface area contributed by atoms with Crippen molar-refractivity contribution in [1.82, 2.24) is 9.78 Å². The Hall–Kier alpha value is -2.53. The highest BCUT2D eigenvalue weighted by Crippen LogP contribution is 2.42. The summed E-state index contributed by atoms with van der Waals surface area (Å²) in [7, 11) is 1.90. The number of nitrogens with zero attached hydrogens (tertiary/aromatic N) is 2. The highest BCUT2D eigenvalue weighted by Gasteiger charge is 2.27. The molecule has 4 nitrogen and oxygen atoms in total. The minimum atomic E-state index is -0.154. The number of benzene rings is 2. The summed E-state index contributed by atoms with van der Waals surface area (Å²) in [5.74, 6) is 1.08. The zero-order valence-corrected chi connectivity index (χ0v) is 15.9. The number of anilines is 1. The topological polar surface area (TPSA) is 46.9 Å². The number of thioether (sulfide) groups is 1. The number of carbonyl (C=O) groups excluding carboxylic acids is 1. The van der Waals surface area contributed by atoms with Gasteiger partial charge in [-0.15, -0.1) is 11.8 Å². The molecule has 2 aromatic carbocycles. The normalized spacial score (nSPS) is 12.6. The molecule has 2 heterocycles. The Morgan fingerprint density at radius 1 is 1.15 bits per heavy atom. The molecular formula is C21H21N3OS. The number of hydrogen-bond acceptors (Lipinski definition) is 3. The van der Waals surface area contributed by atoms with Crippen molar-refractivity contribution in [3.63, 3.8) is 0 Å². The first-order chi connectivity index (χ1) is 12.5. The molecule has 5 heteroatoms. The first kappa shape index (κ1) is 16.9. The van der Waals surface area contributed by atoms with E-state index in [0.717, 1.165) is 28.3 Å². The van der Waals surface area contributed by atoms with Gasteiger partial charge in [0.2, 0.25) is 0 Å². The fraction of sp³-hybridized carbons (Fsp3) is 0.238. The maximum Gasteiger partial charge on any atom is 0.276 e. The second-order valence-electron chi connectivity index (χ2n) is 6.82. The van der Waals surface area contributed by atoms with Crippen LogP contribution < -0.4 is 5.32 Å².